The molecule has 5 nitrogen and oxygen atoms in total. The van der Waals surface area contributed by atoms with E-state index in [0.29, 0.717) is 23.8 Å². The molecule has 1 N–H and O–H groups in total. The molecule has 0 aromatic heterocycles. The van der Waals surface area contributed by atoms with Gasteiger partial charge < -0.3 is 10.1 Å². The minimum atomic E-state index is -0.347. The number of ether oxygens (including phenoxy) is 1. The van der Waals surface area contributed by atoms with Crippen molar-refractivity contribution in [3.05, 3.63) is 29.8 Å². The summed E-state index contributed by atoms with van der Waals surface area (Å²) in [5, 5.41) is 2.88. The van der Waals surface area contributed by atoms with Gasteiger partial charge in [-0.1, -0.05) is 6.42 Å². The molecule has 1 saturated heterocycles. The fourth-order valence-electron chi connectivity index (χ4n) is 2.75. The first-order valence-corrected chi connectivity index (χ1v) is 8.30. The van der Waals surface area contributed by atoms with Crippen molar-refractivity contribution in [3.63, 3.8) is 0 Å². The number of rotatable bonds is 5. The lowest BCUT2D eigenvalue weighted by molar-refractivity contribution is -0.118. The average molecular weight is 318 g/mol. The number of nitrogens with zero attached hydrogens (tertiary/aromatic N) is 1. The number of anilines is 1. The Hall–Kier alpha value is -1.88. The second-order valence-corrected chi connectivity index (χ2v) is 6.39. The molecule has 1 amide bonds. The number of nitrogens with one attached hydrogen (secondary N) is 1. The van der Waals surface area contributed by atoms with Crippen molar-refractivity contribution in [2.45, 2.75) is 52.2 Å². The van der Waals surface area contributed by atoms with Gasteiger partial charge in [0.15, 0.2) is 0 Å². The molecule has 0 spiro atoms. The van der Waals surface area contributed by atoms with Gasteiger partial charge >= 0.3 is 5.97 Å². The Labute approximate surface area is 138 Å². The third-order valence-corrected chi connectivity index (χ3v) is 4.03. The molecule has 1 fully saturated rings. The molecule has 0 aliphatic carbocycles. The van der Waals surface area contributed by atoms with Gasteiger partial charge in [-0.15, -0.1) is 0 Å². The maximum Gasteiger partial charge on any atom is 0.338 e. The standard InChI is InChI=1S/C18H26N2O3/c1-13(2)23-18(22)15-7-9-16(10-8-15)19-17(21)12-20-11-5-4-6-14(20)3/h7-10,13-14H,4-6,11-12H2,1-3H3,(H,19,21)/t14-/m0/s1. The summed E-state index contributed by atoms with van der Waals surface area (Å²) < 4.78 is 5.14. The van der Waals surface area contributed by atoms with Crippen molar-refractivity contribution in [1.29, 1.82) is 0 Å². The maximum absolute atomic E-state index is 12.1. The van der Waals surface area contributed by atoms with E-state index >= 15 is 0 Å². The largest absolute Gasteiger partial charge is 0.459 e. The van der Waals surface area contributed by atoms with E-state index in [1.807, 2.05) is 13.8 Å². The van der Waals surface area contributed by atoms with Crippen molar-refractivity contribution in [2.75, 3.05) is 18.4 Å². The maximum atomic E-state index is 12.1. The van der Waals surface area contributed by atoms with Gasteiger partial charge in [0.05, 0.1) is 18.2 Å². The number of benzene rings is 1. The van der Waals surface area contributed by atoms with Gasteiger partial charge in [0, 0.05) is 11.7 Å². The molecule has 0 unspecified atom stereocenters. The minimum absolute atomic E-state index is 0.0174. The summed E-state index contributed by atoms with van der Waals surface area (Å²) in [4.78, 5) is 26.1. The summed E-state index contributed by atoms with van der Waals surface area (Å²) in [6.45, 7) is 7.19. The molecule has 1 aromatic rings. The van der Waals surface area contributed by atoms with E-state index in [4.69, 9.17) is 4.74 Å². The predicted octanol–water partition coefficient (Wildman–Crippen LogP) is 3.06. The van der Waals surface area contributed by atoms with Crippen LogP contribution >= 0.6 is 0 Å². The van der Waals surface area contributed by atoms with E-state index in [0.717, 1.165) is 19.4 Å². The number of carbonyl (C=O) groups excluding carboxylic acids is 2. The molecular weight excluding hydrogens is 292 g/mol. The summed E-state index contributed by atoms with van der Waals surface area (Å²) in [6.07, 6.45) is 3.41. The third-order valence-electron chi connectivity index (χ3n) is 4.03. The molecule has 1 atom stereocenters. The highest BCUT2D eigenvalue weighted by Crippen LogP contribution is 2.16. The fourth-order valence-corrected chi connectivity index (χ4v) is 2.75. The summed E-state index contributed by atoms with van der Waals surface area (Å²) in [5.74, 6) is -0.365. The van der Waals surface area contributed by atoms with Crippen LogP contribution in [0, 0.1) is 0 Å². The van der Waals surface area contributed by atoms with E-state index in [-0.39, 0.29) is 18.0 Å². The molecule has 1 aliphatic rings. The second-order valence-electron chi connectivity index (χ2n) is 6.39. The highest BCUT2D eigenvalue weighted by molar-refractivity contribution is 5.94. The van der Waals surface area contributed by atoms with Crippen LogP contribution in [0.25, 0.3) is 0 Å². The van der Waals surface area contributed by atoms with Crippen molar-refractivity contribution >= 4 is 17.6 Å². The fraction of sp³-hybridized carbons (Fsp3) is 0.556. The lowest BCUT2D eigenvalue weighted by Crippen LogP contribution is -2.42. The van der Waals surface area contributed by atoms with Gasteiger partial charge in [-0.05, 0) is 64.4 Å². The van der Waals surface area contributed by atoms with E-state index in [2.05, 4.69) is 17.1 Å². The summed E-state index contributed by atoms with van der Waals surface area (Å²) in [6, 6.07) is 7.26. The first-order valence-electron chi connectivity index (χ1n) is 8.30. The highest BCUT2D eigenvalue weighted by Gasteiger charge is 2.20. The first-order chi connectivity index (χ1) is 11.0. The molecule has 1 aliphatic heterocycles. The molecular formula is C18H26N2O3. The van der Waals surface area contributed by atoms with Crippen LogP contribution in [-0.2, 0) is 9.53 Å². The van der Waals surface area contributed by atoms with Crippen LogP contribution < -0.4 is 5.32 Å². The molecule has 2 rings (SSSR count). The quantitative estimate of drug-likeness (QED) is 0.848. The minimum Gasteiger partial charge on any atom is -0.459 e. The molecule has 0 radical (unpaired) electrons. The van der Waals surface area contributed by atoms with E-state index in [1.165, 1.54) is 6.42 Å². The van der Waals surface area contributed by atoms with Crippen LogP contribution in [0.15, 0.2) is 24.3 Å². The molecule has 1 aromatic carbocycles. The zero-order chi connectivity index (χ0) is 16.8. The summed E-state index contributed by atoms with van der Waals surface area (Å²) in [7, 11) is 0. The lowest BCUT2D eigenvalue weighted by atomic mass is 10.0. The third kappa shape index (κ3) is 5.36. The second kappa shape index (κ2) is 8.11. The van der Waals surface area contributed by atoms with Crippen molar-refractivity contribution in [2.24, 2.45) is 0 Å². The SMILES string of the molecule is CC(C)OC(=O)c1ccc(NC(=O)CN2CCCC[C@@H]2C)cc1. The number of amides is 1. The highest BCUT2D eigenvalue weighted by atomic mass is 16.5. The topological polar surface area (TPSA) is 58.6 Å². The zero-order valence-corrected chi connectivity index (χ0v) is 14.2. The molecule has 126 valence electrons. The Morgan fingerprint density at radius 1 is 1.26 bits per heavy atom. The Bertz CT molecular complexity index is 540. The van der Waals surface area contributed by atoms with Gasteiger partial charge in [-0.2, -0.15) is 0 Å². The van der Waals surface area contributed by atoms with Gasteiger partial charge in [0.1, 0.15) is 0 Å². The average Bonchev–Trinajstić information content (AvgIpc) is 2.49. The van der Waals surface area contributed by atoms with Crippen LogP contribution in [-0.4, -0.2) is 42.0 Å². The van der Waals surface area contributed by atoms with Gasteiger partial charge in [-0.3, -0.25) is 9.69 Å². The Morgan fingerprint density at radius 3 is 2.57 bits per heavy atom. The smallest absolute Gasteiger partial charge is 0.338 e. The molecule has 5 heteroatoms. The number of hydrogen-bond acceptors (Lipinski definition) is 4. The number of esters is 1. The van der Waals surface area contributed by atoms with E-state index in [1.54, 1.807) is 24.3 Å². The van der Waals surface area contributed by atoms with Crippen molar-refractivity contribution in [1.82, 2.24) is 4.90 Å². The first kappa shape index (κ1) is 17.5. The number of piperidine rings is 1. The van der Waals surface area contributed by atoms with E-state index < -0.39 is 0 Å². The van der Waals surface area contributed by atoms with Crippen LogP contribution in [0.1, 0.15) is 50.4 Å². The molecule has 0 bridgehead atoms. The van der Waals surface area contributed by atoms with Crippen LogP contribution in [0.4, 0.5) is 5.69 Å². The van der Waals surface area contributed by atoms with Gasteiger partial charge in [0.25, 0.3) is 0 Å². The Kier molecular flexibility index (Phi) is 6.16. The Morgan fingerprint density at radius 2 is 1.96 bits per heavy atom. The summed E-state index contributed by atoms with van der Waals surface area (Å²) >= 11 is 0. The van der Waals surface area contributed by atoms with Crippen molar-refractivity contribution in [3.8, 4) is 0 Å². The van der Waals surface area contributed by atoms with E-state index in [9.17, 15) is 9.59 Å². The predicted molar refractivity (Wildman–Crippen MR) is 90.5 cm³/mol. The summed E-state index contributed by atoms with van der Waals surface area (Å²) in [5.41, 5.74) is 1.18. The zero-order valence-electron chi connectivity index (χ0n) is 14.2. The van der Waals surface area contributed by atoms with Gasteiger partial charge in [-0.25, -0.2) is 4.79 Å². The van der Waals surface area contributed by atoms with Crippen molar-refractivity contribution < 1.29 is 14.3 Å². The Balaban J connectivity index is 1.87. The number of carbonyl (C=O) groups is 2. The monoisotopic (exact) mass is 318 g/mol. The number of hydrogen-bond donors (Lipinski definition) is 1. The lowest BCUT2D eigenvalue weighted by Gasteiger charge is -2.32. The van der Waals surface area contributed by atoms with Gasteiger partial charge in [0.2, 0.25) is 5.91 Å². The van der Waals surface area contributed by atoms with Crippen LogP contribution in [0.3, 0.4) is 0 Å². The molecule has 1 heterocycles. The molecule has 0 saturated carbocycles. The van der Waals surface area contributed by atoms with Crippen LogP contribution in [0.2, 0.25) is 0 Å². The normalized spacial score (nSPS) is 18.7. The van der Waals surface area contributed by atoms with Crippen LogP contribution in [0.5, 0.6) is 0 Å². The molecule has 23 heavy (non-hydrogen) atoms. The number of likely N-dealkylation sites (tertiary alicyclic amines) is 1.